The number of fused-ring (bicyclic) bond motifs is 1. The molecule has 1 aliphatic rings. The third kappa shape index (κ3) is 3.09. The predicted molar refractivity (Wildman–Crippen MR) is 83.4 cm³/mol. The lowest BCUT2D eigenvalue weighted by Gasteiger charge is -2.15. The molecule has 0 heterocycles. The van der Waals surface area contributed by atoms with Gasteiger partial charge in [-0.3, -0.25) is 4.79 Å². The first-order valence-corrected chi connectivity index (χ1v) is 7.27. The van der Waals surface area contributed by atoms with Crippen molar-refractivity contribution in [3.63, 3.8) is 0 Å². The minimum Gasteiger partial charge on any atom is -0.486 e. The van der Waals surface area contributed by atoms with Crippen LogP contribution in [0.5, 0.6) is 5.75 Å². The lowest BCUT2D eigenvalue weighted by molar-refractivity contribution is -0.115. The van der Waals surface area contributed by atoms with E-state index < -0.39 is 0 Å². The van der Waals surface area contributed by atoms with Crippen LogP contribution >= 0.6 is 0 Å². The molecule has 1 atom stereocenters. The zero-order valence-electron chi connectivity index (χ0n) is 12.1. The van der Waals surface area contributed by atoms with Crippen molar-refractivity contribution in [2.75, 3.05) is 5.32 Å². The molecule has 1 N–H and O–H groups in total. The van der Waals surface area contributed by atoms with Gasteiger partial charge in [0.25, 0.3) is 0 Å². The van der Waals surface area contributed by atoms with Crippen molar-refractivity contribution in [1.29, 1.82) is 5.26 Å². The minimum absolute atomic E-state index is 0.0928. The number of ether oxygens (including phenoxy) is 1. The van der Waals surface area contributed by atoms with Gasteiger partial charge in [0, 0.05) is 5.69 Å². The molecule has 3 rings (SSSR count). The van der Waals surface area contributed by atoms with Gasteiger partial charge >= 0.3 is 0 Å². The van der Waals surface area contributed by atoms with E-state index in [1.54, 1.807) is 12.1 Å². The second-order valence-corrected chi connectivity index (χ2v) is 5.25. The number of carbonyl (C=O) groups is 1. The molecule has 0 saturated heterocycles. The molecule has 4 nitrogen and oxygen atoms in total. The molecule has 0 spiro atoms. The van der Waals surface area contributed by atoms with Gasteiger partial charge in [0.15, 0.2) is 0 Å². The lowest BCUT2D eigenvalue weighted by Crippen LogP contribution is -2.10. The molecule has 110 valence electrons. The van der Waals surface area contributed by atoms with E-state index in [9.17, 15) is 4.79 Å². The Morgan fingerprint density at radius 3 is 2.77 bits per heavy atom. The van der Waals surface area contributed by atoms with Crippen LogP contribution in [0.1, 0.15) is 30.1 Å². The summed E-state index contributed by atoms with van der Waals surface area (Å²) in [5.41, 5.74) is 3.28. The molecule has 0 saturated carbocycles. The van der Waals surface area contributed by atoms with Crippen LogP contribution in [0.2, 0.25) is 0 Å². The zero-order chi connectivity index (χ0) is 15.4. The first-order chi connectivity index (χ1) is 10.8. The summed E-state index contributed by atoms with van der Waals surface area (Å²) in [6.45, 7) is 0. The lowest BCUT2D eigenvalue weighted by atomic mass is 10.1. The van der Waals surface area contributed by atoms with E-state index >= 15 is 0 Å². The molecule has 0 aliphatic heterocycles. The molecule has 22 heavy (non-hydrogen) atoms. The van der Waals surface area contributed by atoms with Crippen LogP contribution in [0.15, 0.2) is 48.5 Å². The van der Waals surface area contributed by atoms with Crippen molar-refractivity contribution < 1.29 is 9.53 Å². The first-order valence-electron chi connectivity index (χ1n) is 7.27. The van der Waals surface area contributed by atoms with E-state index in [0.29, 0.717) is 5.69 Å². The van der Waals surface area contributed by atoms with Gasteiger partial charge in [-0.25, -0.2) is 0 Å². The van der Waals surface area contributed by atoms with Crippen molar-refractivity contribution in [1.82, 2.24) is 0 Å². The largest absolute Gasteiger partial charge is 0.486 e. The Labute approximate surface area is 129 Å². The molecule has 1 amide bonds. The Balaban J connectivity index is 1.65. The fraction of sp³-hybridized carbons (Fsp3) is 0.222. The average molecular weight is 292 g/mol. The molecule has 4 heteroatoms. The van der Waals surface area contributed by atoms with E-state index in [4.69, 9.17) is 10.00 Å². The summed E-state index contributed by atoms with van der Waals surface area (Å²) in [4.78, 5) is 11.3. The fourth-order valence-electron chi connectivity index (χ4n) is 2.70. The highest BCUT2D eigenvalue weighted by atomic mass is 16.5. The predicted octanol–water partition coefficient (Wildman–Crippen LogP) is 3.61. The Bertz CT molecular complexity index is 717. The first kappa shape index (κ1) is 14.2. The summed E-state index contributed by atoms with van der Waals surface area (Å²) < 4.78 is 6.04. The number of benzene rings is 2. The number of nitrogens with zero attached hydrogens (tertiary/aromatic N) is 1. The summed E-state index contributed by atoms with van der Waals surface area (Å²) in [5, 5.41) is 11.1. The summed E-state index contributed by atoms with van der Waals surface area (Å²) in [7, 11) is 0. The quantitative estimate of drug-likeness (QED) is 0.936. The molecule has 0 aromatic heterocycles. The van der Waals surface area contributed by atoms with Gasteiger partial charge in [0.2, 0.25) is 5.91 Å². The monoisotopic (exact) mass is 292 g/mol. The normalized spacial score (nSPS) is 15.7. The number of amides is 1. The van der Waals surface area contributed by atoms with Crippen molar-refractivity contribution in [2.24, 2.45) is 0 Å². The Hall–Kier alpha value is -2.80. The number of carbonyl (C=O) groups excluding carboxylic acids is 1. The van der Waals surface area contributed by atoms with Gasteiger partial charge in [-0.1, -0.05) is 24.3 Å². The number of nitrogens with one attached hydrogen (secondary N) is 1. The highest BCUT2D eigenvalue weighted by molar-refractivity contribution is 5.92. The van der Waals surface area contributed by atoms with Crippen molar-refractivity contribution >= 4 is 11.6 Å². The SMILES string of the molecule is N#CCC(=O)Nc1ccc(OC2CCc3ccccc32)cc1. The number of nitriles is 1. The Kier molecular flexibility index (Phi) is 4.06. The van der Waals surface area contributed by atoms with Crippen LogP contribution in [0.3, 0.4) is 0 Å². The smallest absolute Gasteiger partial charge is 0.238 e. The van der Waals surface area contributed by atoms with Crippen LogP contribution < -0.4 is 10.1 Å². The maximum absolute atomic E-state index is 11.3. The van der Waals surface area contributed by atoms with E-state index in [1.807, 2.05) is 24.3 Å². The zero-order valence-corrected chi connectivity index (χ0v) is 12.1. The molecular formula is C18H16N2O2. The highest BCUT2D eigenvalue weighted by Gasteiger charge is 2.23. The Morgan fingerprint density at radius 2 is 2.00 bits per heavy atom. The third-order valence-electron chi connectivity index (χ3n) is 3.73. The third-order valence-corrected chi connectivity index (χ3v) is 3.73. The molecule has 0 bridgehead atoms. The van der Waals surface area contributed by atoms with Gasteiger partial charge < -0.3 is 10.1 Å². The second kappa shape index (κ2) is 6.31. The molecule has 1 unspecified atom stereocenters. The van der Waals surface area contributed by atoms with Crippen molar-refractivity contribution in [3.05, 3.63) is 59.7 Å². The highest BCUT2D eigenvalue weighted by Crippen LogP contribution is 2.34. The van der Waals surface area contributed by atoms with E-state index in [-0.39, 0.29) is 18.4 Å². The maximum Gasteiger partial charge on any atom is 0.238 e. The molecule has 2 aromatic rings. The van der Waals surface area contributed by atoms with Gasteiger partial charge in [0.1, 0.15) is 18.3 Å². The molecule has 0 radical (unpaired) electrons. The average Bonchev–Trinajstić information content (AvgIpc) is 2.93. The number of rotatable bonds is 4. The molecular weight excluding hydrogens is 276 g/mol. The van der Waals surface area contributed by atoms with Crippen molar-refractivity contribution in [3.8, 4) is 11.8 Å². The summed E-state index contributed by atoms with van der Waals surface area (Å²) in [6.07, 6.45) is 1.98. The molecule has 0 fully saturated rings. The van der Waals surface area contributed by atoms with Crippen LogP contribution in [-0.4, -0.2) is 5.91 Å². The van der Waals surface area contributed by atoms with E-state index in [0.717, 1.165) is 18.6 Å². The molecule has 1 aliphatic carbocycles. The number of hydrogen-bond donors (Lipinski definition) is 1. The van der Waals surface area contributed by atoms with Gasteiger partial charge in [-0.15, -0.1) is 0 Å². The Morgan fingerprint density at radius 1 is 1.23 bits per heavy atom. The molecule has 2 aromatic carbocycles. The van der Waals surface area contributed by atoms with Gasteiger partial charge in [-0.2, -0.15) is 5.26 Å². The van der Waals surface area contributed by atoms with Crippen LogP contribution in [0, 0.1) is 11.3 Å². The van der Waals surface area contributed by atoms with E-state index in [1.165, 1.54) is 11.1 Å². The second-order valence-electron chi connectivity index (χ2n) is 5.25. The minimum atomic E-state index is -0.305. The van der Waals surface area contributed by atoms with Crippen LogP contribution in [0.25, 0.3) is 0 Å². The standard InChI is InChI=1S/C18H16N2O2/c19-12-11-18(21)20-14-6-8-15(9-7-14)22-17-10-5-13-3-1-2-4-16(13)17/h1-4,6-9,17H,5,10-11H2,(H,20,21). The summed E-state index contributed by atoms with van der Waals surface area (Å²) >= 11 is 0. The van der Waals surface area contributed by atoms with Gasteiger partial charge in [-0.05, 0) is 48.2 Å². The maximum atomic E-state index is 11.3. The summed E-state index contributed by atoms with van der Waals surface area (Å²) in [6, 6.07) is 17.4. The van der Waals surface area contributed by atoms with Crippen LogP contribution in [-0.2, 0) is 11.2 Å². The summed E-state index contributed by atoms with van der Waals surface area (Å²) in [5.74, 6) is 0.473. The topological polar surface area (TPSA) is 62.1 Å². The van der Waals surface area contributed by atoms with Gasteiger partial charge in [0.05, 0.1) is 6.07 Å². The van der Waals surface area contributed by atoms with Crippen molar-refractivity contribution in [2.45, 2.75) is 25.4 Å². The van der Waals surface area contributed by atoms with Crippen LogP contribution in [0.4, 0.5) is 5.69 Å². The number of aryl methyl sites for hydroxylation is 1. The number of hydrogen-bond acceptors (Lipinski definition) is 3. The van der Waals surface area contributed by atoms with E-state index in [2.05, 4.69) is 23.5 Å². The fourth-order valence-corrected chi connectivity index (χ4v) is 2.70. The number of anilines is 1.